The van der Waals surface area contributed by atoms with E-state index < -0.39 is 0 Å². The van der Waals surface area contributed by atoms with E-state index in [0.717, 1.165) is 44.3 Å². The Morgan fingerprint density at radius 2 is 1.70 bits per heavy atom. The molecule has 5 rings (SSSR count). The quantitative estimate of drug-likeness (QED) is 0.400. The average molecular weight is 461 g/mol. The van der Waals surface area contributed by atoms with Gasteiger partial charge in [0.25, 0.3) is 0 Å². The lowest BCUT2D eigenvalue weighted by molar-refractivity contribution is 0.100. The zero-order valence-electron chi connectivity index (χ0n) is 18.7. The predicted molar refractivity (Wildman–Crippen MR) is 129 cm³/mol. The SMILES string of the molecule is COc1ccc([C@@H](c2nnnn2Cc2cccs2)N2CCN(Cc3ccccc3)CC2)cc1. The molecular formula is C25H28N6OS. The Bertz CT molecular complexity index is 1120. The van der Waals surface area contributed by atoms with Gasteiger partial charge in [0.1, 0.15) is 5.75 Å². The molecule has 2 aromatic heterocycles. The van der Waals surface area contributed by atoms with Crippen molar-refractivity contribution in [1.29, 1.82) is 0 Å². The van der Waals surface area contributed by atoms with Gasteiger partial charge in [-0.15, -0.1) is 16.4 Å². The van der Waals surface area contributed by atoms with Gasteiger partial charge in [-0.1, -0.05) is 48.5 Å². The summed E-state index contributed by atoms with van der Waals surface area (Å²) in [4.78, 5) is 6.26. The number of hydrogen-bond donors (Lipinski definition) is 0. The summed E-state index contributed by atoms with van der Waals surface area (Å²) in [6, 6.07) is 23.2. The minimum Gasteiger partial charge on any atom is -0.497 e. The van der Waals surface area contributed by atoms with E-state index in [1.165, 1.54) is 16.0 Å². The standard InChI is InChI=1S/C25H28N6OS/c1-32-22-11-9-21(10-12-22)24(25-26-27-28-31(25)19-23-8-5-17-33-23)30-15-13-29(14-16-30)18-20-6-3-2-4-7-20/h2-12,17,24H,13-16,18-19H2,1H3/t24-/m0/s1. The van der Waals surface area contributed by atoms with E-state index in [-0.39, 0.29) is 6.04 Å². The Kier molecular flexibility index (Phi) is 6.76. The summed E-state index contributed by atoms with van der Waals surface area (Å²) in [6.07, 6.45) is 0. The van der Waals surface area contributed by atoms with Crippen molar-refractivity contribution in [3.05, 3.63) is 93.9 Å². The highest BCUT2D eigenvalue weighted by molar-refractivity contribution is 7.09. The first-order valence-electron chi connectivity index (χ1n) is 11.2. The van der Waals surface area contributed by atoms with Crippen LogP contribution in [0.2, 0.25) is 0 Å². The molecule has 170 valence electrons. The Labute approximate surface area is 198 Å². The number of piperazine rings is 1. The highest BCUT2D eigenvalue weighted by atomic mass is 32.1. The molecule has 1 atom stereocenters. The van der Waals surface area contributed by atoms with Crippen molar-refractivity contribution in [3.63, 3.8) is 0 Å². The van der Waals surface area contributed by atoms with Gasteiger partial charge >= 0.3 is 0 Å². The van der Waals surface area contributed by atoms with Crippen molar-refractivity contribution in [2.45, 2.75) is 19.1 Å². The number of benzene rings is 2. The molecule has 0 N–H and O–H groups in total. The number of rotatable bonds is 8. The van der Waals surface area contributed by atoms with Crippen LogP contribution in [0.5, 0.6) is 5.75 Å². The number of aromatic nitrogens is 4. The molecule has 0 unspecified atom stereocenters. The van der Waals surface area contributed by atoms with Gasteiger partial charge < -0.3 is 4.74 Å². The van der Waals surface area contributed by atoms with Gasteiger partial charge in [0.15, 0.2) is 5.82 Å². The molecule has 3 heterocycles. The zero-order chi connectivity index (χ0) is 22.5. The Balaban J connectivity index is 1.38. The molecule has 7 nitrogen and oxygen atoms in total. The fraction of sp³-hybridized carbons (Fsp3) is 0.320. The van der Waals surface area contributed by atoms with E-state index in [1.807, 2.05) is 16.8 Å². The molecule has 0 radical (unpaired) electrons. The molecule has 1 fully saturated rings. The Morgan fingerprint density at radius 3 is 2.39 bits per heavy atom. The van der Waals surface area contributed by atoms with E-state index in [0.29, 0.717) is 6.54 Å². The lowest BCUT2D eigenvalue weighted by atomic mass is 10.0. The van der Waals surface area contributed by atoms with Crippen LogP contribution in [0.1, 0.15) is 27.9 Å². The van der Waals surface area contributed by atoms with Crippen LogP contribution in [0, 0.1) is 0 Å². The summed E-state index contributed by atoms with van der Waals surface area (Å²) in [5.41, 5.74) is 2.53. The average Bonchev–Trinajstić information content (AvgIpc) is 3.54. The van der Waals surface area contributed by atoms with Crippen molar-refractivity contribution in [2.75, 3.05) is 33.3 Å². The van der Waals surface area contributed by atoms with E-state index in [4.69, 9.17) is 4.74 Å². The summed E-state index contributed by atoms with van der Waals surface area (Å²) >= 11 is 1.73. The third-order valence-electron chi connectivity index (χ3n) is 6.14. The third kappa shape index (κ3) is 5.13. The van der Waals surface area contributed by atoms with Gasteiger partial charge in [0.05, 0.1) is 19.7 Å². The van der Waals surface area contributed by atoms with E-state index in [1.54, 1.807) is 18.4 Å². The summed E-state index contributed by atoms with van der Waals surface area (Å²) in [7, 11) is 1.69. The van der Waals surface area contributed by atoms with E-state index in [9.17, 15) is 0 Å². The number of thiophene rings is 1. The summed E-state index contributed by atoms with van der Waals surface area (Å²) in [5.74, 6) is 1.73. The lowest BCUT2D eigenvalue weighted by Gasteiger charge is -2.39. The van der Waals surface area contributed by atoms with Crippen LogP contribution in [0.25, 0.3) is 0 Å². The van der Waals surface area contributed by atoms with E-state index >= 15 is 0 Å². The summed E-state index contributed by atoms with van der Waals surface area (Å²) < 4.78 is 7.33. The molecule has 8 heteroatoms. The van der Waals surface area contributed by atoms with Crippen LogP contribution in [0.4, 0.5) is 0 Å². The third-order valence-corrected chi connectivity index (χ3v) is 7.00. The maximum Gasteiger partial charge on any atom is 0.173 e. The zero-order valence-corrected chi connectivity index (χ0v) is 19.6. The highest BCUT2D eigenvalue weighted by Gasteiger charge is 2.30. The molecule has 1 aliphatic heterocycles. The maximum atomic E-state index is 5.39. The second-order valence-electron chi connectivity index (χ2n) is 8.25. The topological polar surface area (TPSA) is 59.3 Å². The second kappa shape index (κ2) is 10.2. The molecule has 0 spiro atoms. The van der Waals surface area contributed by atoms with Crippen molar-refractivity contribution in [2.24, 2.45) is 0 Å². The molecule has 4 aromatic rings. The van der Waals surface area contributed by atoms with Crippen LogP contribution < -0.4 is 4.74 Å². The lowest BCUT2D eigenvalue weighted by Crippen LogP contribution is -2.47. The van der Waals surface area contributed by atoms with Crippen molar-refractivity contribution < 1.29 is 4.74 Å². The number of nitrogens with zero attached hydrogens (tertiary/aromatic N) is 6. The van der Waals surface area contributed by atoms with Crippen LogP contribution in [-0.4, -0.2) is 63.3 Å². The molecule has 0 amide bonds. The number of methoxy groups -OCH3 is 1. The van der Waals surface area contributed by atoms with Gasteiger partial charge in [-0.3, -0.25) is 9.80 Å². The molecule has 0 saturated carbocycles. The molecular weight excluding hydrogens is 432 g/mol. The maximum absolute atomic E-state index is 5.39. The molecule has 2 aromatic carbocycles. The summed E-state index contributed by atoms with van der Waals surface area (Å²) in [6.45, 7) is 5.59. The first-order valence-corrected chi connectivity index (χ1v) is 12.1. The highest BCUT2D eigenvalue weighted by Crippen LogP contribution is 2.30. The fourth-order valence-corrected chi connectivity index (χ4v) is 5.09. The normalized spacial score (nSPS) is 16.0. The summed E-state index contributed by atoms with van der Waals surface area (Å²) in [5, 5.41) is 15.0. The minimum atomic E-state index is -0.00950. The second-order valence-corrected chi connectivity index (χ2v) is 9.28. The molecule has 0 aliphatic carbocycles. The monoisotopic (exact) mass is 460 g/mol. The predicted octanol–water partition coefficient (Wildman–Crippen LogP) is 3.70. The van der Waals surface area contributed by atoms with Gasteiger partial charge in [-0.05, 0) is 45.1 Å². The molecule has 1 aliphatic rings. The Morgan fingerprint density at radius 1 is 0.909 bits per heavy atom. The fourth-order valence-electron chi connectivity index (χ4n) is 4.40. The van der Waals surface area contributed by atoms with Crippen molar-refractivity contribution >= 4 is 11.3 Å². The van der Waals surface area contributed by atoms with Crippen LogP contribution in [0.15, 0.2) is 72.1 Å². The van der Waals surface area contributed by atoms with E-state index in [2.05, 4.69) is 85.3 Å². The first-order chi connectivity index (χ1) is 16.3. The van der Waals surface area contributed by atoms with Gasteiger partial charge in [-0.25, -0.2) is 4.68 Å². The number of ether oxygens (including phenoxy) is 1. The minimum absolute atomic E-state index is 0.00950. The molecule has 0 bridgehead atoms. The van der Waals surface area contributed by atoms with Crippen LogP contribution >= 0.6 is 11.3 Å². The van der Waals surface area contributed by atoms with Gasteiger partial charge in [-0.2, -0.15) is 0 Å². The largest absolute Gasteiger partial charge is 0.497 e. The van der Waals surface area contributed by atoms with Crippen LogP contribution in [-0.2, 0) is 13.1 Å². The van der Waals surface area contributed by atoms with Crippen molar-refractivity contribution in [3.8, 4) is 5.75 Å². The smallest absolute Gasteiger partial charge is 0.173 e. The number of tetrazole rings is 1. The van der Waals surface area contributed by atoms with Gasteiger partial charge in [0, 0.05) is 37.6 Å². The Hall–Kier alpha value is -3.07. The molecule has 1 saturated heterocycles. The van der Waals surface area contributed by atoms with Crippen LogP contribution in [0.3, 0.4) is 0 Å². The van der Waals surface area contributed by atoms with Crippen molar-refractivity contribution in [1.82, 2.24) is 30.0 Å². The van der Waals surface area contributed by atoms with Gasteiger partial charge in [0.2, 0.25) is 0 Å². The molecule has 33 heavy (non-hydrogen) atoms. The number of hydrogen-bond acceptors (Lipinski definition) is 7. The first kappa shape index (κ1) is 21.8.